The van der Waals surface area contributed by atoms with Crippen molar-refractivity contribution >= 4 is 23.1 Å². The third kappa shape index (κ3) is 2.69. The lowest BCUT2D eigenvalue weighted by Gasteiger charge is -2.08. The first kappa shape index (κ1) is 13.4. The smallest absolute Gasteiger partial charge is 0.195 e. The number of nitrogens with two attached hydrogens (primary N) is 1. The summed E-state index contributed by atoms with van der Waals surface area (Å²) in [5.41, 5.74) is 6.35. The number of halogens is 2. The van der Waals surface area contributed by atoms with Gasteiger partial charge in [0.15, 0.2) is 5.78 Å². The predicted molar refractivity (Wildman–Crippen MR) is 72.2 cm³/mol. The second-order valence-electron chi connectivity index (χ2n) is 3.91. The number of anilines is 1. The Labute approximate surface area is 114 Å². The van der Waals surface area contributed by atoms with Crippen molar-refractivity contribution in [2.24, 2.45) is 0 Å². The van der Waals surface area contributed by atoms with Crippen molar-refractivity contribution in [2.75, 3.05) is 12.8 Å². The second kappa shape index (κ2) is 5.28. The largest absolute Gasteiger partial charge is 0.495 e. The Kier molecular flexibility index (Phi) is 3.71. The molecule has 2 N–H and O–H groups in total. The second-order valence-corrected chi connectivity index (χ2v) is 4.32. The summed E-state index contributed by atoms with van der Waals surface area (Å²) in [6.07, 6.45) is 0. The first-order chi connectivity index (χ1) is 9.02. The highest BCUT2D eigenvalue weighted by Gasteiger charge is 2.15. The molecular formula is C14H11ClFNO2. The Morgan fingerprint density at radius 3 is 2.68 bits per heavy atom. The van der Waals surface area contributed by atoms with Crippen LogP contribution in [-0.2, 0) is 0 Å². The number of benzene rings is 2. The van der Waals surface area contributed by atoms with Crippen LogP contribution in [0.15, 0.2) is 36.4 Å². The Balaban J connectivity index is 2.47. The van der Waals surface area contributed by atoms with Gasteiger partial charge in [0.1, 0.15) is 11.6 Å². The van der Waals surface area contributed by atoms with E-state index in [0.717, 1.165) is 6.07 Å². The van der Waals surface area contributed by atoms with E-state index < -0.39 is 5.82 Å². The SMILES string of the molecule is COc1cc(C(=O)c2cc(F)ccc2N)ccc1Cl. The van der Waals surface area contributed by atoms with Crippen molar-refractivity contribution in [1.82, 2.24) is 0 Å². The minimum Gasteiger partial charge on any atom is -0.495 e. The molecule has 2 aromatic rings. The van der Waals surface area contributed by atoms with Gasteiger partial charge in [-0.15, -0.1) is 0 Å². The van der Waals surface area contributed by atoms with E-state index in [4.69, 9.17) is 22.1 Å². The molecule has 2 rings (SSSR count). The van der Waals surface area contributed by atoms with Crippen LogP contribution in [0.2, 0.25) is 5.02 Å². The van der Waals surface area contributed by atoms with E-state index in [-0.39, 0.29) is 17.0 Å². The Hall–Kier alpha value is -2.07. The lowest BCUT2D eigenvalue weighted by Crippen LogP contribution is -2.06. The van der Waals surface area contributed by atoms with Crippen LogP contribution in [0, 0.1) is 5.82 Å². The zero-order valence-corrected chi connectivity index (χ0v) is 10.9. The van der Waals surface area contributed by atoms with Crippen LogP contribution in [0.4, 0.5) is 10.1 Å². The van der Waals surface area contributed by atoms with Crippen molar-refractivity contribution in [2.45, 2.75) is 0 Å². The van der Waals surface area contributed by atoms with Crippen molar-refractivity contribution in [3.8, 4) is 5.75 Å². The maximum atomic E-state index is 13.2. The summed E-state index contributed by atoms with van der Waals surface area (Å²) < 4.78 is 18.2. The molecule has 5 heteroatoms. The minimum absolute atomic E-state index is 0.115. The highest BCUT2D eigenvalue weighted by Crippen LogP contribution is 2.27. The molecule has 0 fully saturated rings. The lowest BCUT2D eigenvalue weighted by molar-refractivity contribution is 0.103. The number of ether oxygens (including phenoxy) is 1. The Morgan fingerprint density at radius 1 is 1.26 bits per heavy atom. The fourth-order valence-electron chi connectivity index (χ4n) is 1.68. The third-order valence-electron chi connectivity index (χ3n) is 2.67. The number of hydrogen-bond acceptors (Lipinski definition) is 3. The average Bonchev–Trinajstić information content (AvgIpc) is 2.41. The number of carbonyl (C=O) groups is 1. The normalized spacial score (nSPS) is 10.3. The number of rotatable bonds is 3. The molecule has 0 aliphatic heterocycles. The summed E-state index contributed by atoms with van der Waals surface area (Å²) in [4.78, 5) is 12.3. The van der Waals surface area contributed by atoms with Crippen LogP contribution < -0.4 is 10.5 Å². The molecule has 0 radical (unpaired) electrons. The standard InChI is InChI=1S/C14H11ClFNO2/c1-19-13-6-8(2-4-11(13)15)14(18)10-7-9(16)3-5-12(10)17/h2-7H,17H2,1H3. The summed E-state index contributed by atoms with van der Waals surface area (Å²) in [6.45, 7) is 0. The van der Waals surface area contributed by atoms with Gasteiger partial charge in [0.25, 0.3) is 0 Å². The van der Waals surface area contributed by atoms with Gasteiger partial charge >= 0.3 is 0 Å². The molecule has 0 aliphatic carbocycles. The van der Waals surface area contributed by atoms with Gasteiger partial charge in [0.2, 0.25) is 0 Å². The first-order valence-corrected chi connectivity index (χ1v) is 5.84. The molecule has 98 valence electrons. The maximum absolute atomic E-state index is 13.2. The van der Waals surface area contributed by atoms with Gasteiger partial charge in [-0.05, 0) is 36.4 Å². The highest BCUT2D eigenvalue weighted by molar-refractivity contribution is 6.32. The van der Waals surface area contributed by atoms with Gasteiger partial charge in [0.05, 0.1) is 12.1 Å². The zero-order chi connectivity index (χ0) is 14.0. The quantitative estimate of drug-likeness (QED) is 0.693. The van der Waals surface area contributed by atoms with Crippen LogP contribution in [0.1, 0.15) is 15.9 Å². The van der Waals surface area contributed by atoms with Crippen LogP contribution in [0.25, 0.3) is 0 Å². The van der Waals surface area contributed by atoms with Gasteiger partial charge < -0.3 is 10.5 Å². The van der Waals surface area contributed by atoms with Gasteiger partial charge in [-0.1, -0.05) is 11.6 Å². The molecule has 0 saturated carbocycles. The molecule has 0 atom stereocenters. The number of ketones is 1. The van der Waals surface area contributed by atoms with Crippen LogP contribution in [0.5, 0.6) is 5.75 Å². The van der Waals surface area contributed by atoms with Gasteiger partial charge in [0, 0.05) is 16.8 Å². The predicted octanol–water partition coefficient (Wildman–Crippen LogP) is 3.30. The summed E-state index contributed by atoms with van der Waals surface area (Å²) in [7, 11) is 1.45. The van der Waals surface area contributed by atoms with E-state index in [0.29, 0.717) is 16.3 Å². The van der Waals surface area contributed by atoms with E-state index in [1.165, 1.54) is 31.4 Å². The fourth-order valence-corrected chi connectivity index (χ4v) is 1.88. The number of nitrogen functional groups attached to an aromatic ring is 1. The molecule has 0 bridgehead atoms. The summed E-state index contributed by atoms with van der Waals surface area (Å²) in [6, 6.07) is 8.25. The molecular weight excluding hydrogens is 269 g/mol. The Morgan fingerprint density at radius 2 is 2.00 bits per heavy atom. The molecule has 0 heterocycles. The van der Waals surface area contributed by atoms with Crippen molar-refractivity contribution in [1.29, 1.82) is 0 Å². The lowest BCUT2D eigenvalue weighted by atomic mass is 10.0. The molecule has 2 aromatic carbocycles. The van der Waals surface area contributed by atoms with E-state index in [1.54, 1.807) is 6.07 Å². The zero-order valence-electron chi connectivity index (χ0n) is 10.1. The third-order valence-corrected chi connectivity index (χ3v) is 2.99. The van der Waals surface area contributed by atoms with E-state index in [9.17, 15) is 9.18 Å². The van der Waals surface area contributed by atoms with Gasteiger partial charge in [-0.3, -0.25) is 4.79 Å². The molecule has 0 spiro atoms. The van der Waals surface area contributed by atoms with Crippen molar-refractivity contribution in [3.05, 3.63) is 58.4 Å². The van der Waals surface area contributed by atoms with E-state index in [2.05, 4.69) is 0 Å². The van der Waals surface area contributed by atoms with Crippen LogP contribution in [-0.4, -0.2) is 12.9 Å². The summed E-state index contributed by atoms with van der Waals surface area (Å²) in [5.74, 6) is -0.520. The van der Waals surface area contributed by atoms with Crippen molar-refractivity contribution < 1.29 is 13.9 Å². The molecule has 0 unspecified atom stereocenters. The Bertz CT molecular complexity index is 643. The van der Waals surface area contributed by atoms with Crippen molar-refractivity contribution in [3.63, 3.8) is 0 Å². The molecule has 0 saturated heterocycles. The molecule has 0 amide bonds. The van der Waals surface area contributed by atoms with Gasteiger partial charge in [-0.2, -0.15) is 0 Å². The first-order valence-electron chi connectivity index (χ1n) is 5.46. The summed E-state index contributed by atoms with van der Waals surface area (Å²) >= 11 is 5.88. The minimum atomic E-state index is -0.515. The summed E-state index contributed by atoms with van der Waals surface area (Å²) in [5, 5.41) is 0.395. The monoisotopic (exact) mass is 279 g/mol. The molecule has 0 aromatic heterocycles. The van der Waals surface area contributed by atoms with E-state index in [1.807, 2.05) is 0 Å². The van der Waals surface area contributed by atoms with Crippen LogP contribution >= 0.6 is 11.6 Å². The molecule has 3 nitrogen and oxygen atoms in total. The average molecular weight is 280 g/mol. The number of carbonyl (C=O) groups excluding carboxylic acids is 1. The number of methoxy groups -OCH3 is 1. The topological polar surface area (TPSA) is 52.3 Å². The van der Waals surface area contributed by atoms with Gasteiger partial charge in [-0.25, -0.2) is 4.39 Å². The number of hydrogen-bond donors (Lipinski definition) is 1. The molecule has 0 aliphatic rings. The van der Waals surface area contributed by atoms with Crippen LogP contribution in [0.3, 0.4) is 0 Å². The molecule has 19 heavy (non-hydrogen) atoms. The van der Waals surface area contributed by atoms with E-state index >= 15 is 0 Å². The fraction of sp³-hybridized carbons (Fsp3) is 0.0714. The maximum Gasteiger partial charge on any atom is 0.195 e. The highest BCUT2D eigenvalue weighted by atomic mass is 35.5.